The van der Waals surface area contributed by atoms with E-state index in [4.69, 9.17) is 5.11 Å². The van der Waals surface area contributed by atoms with E-state index in [0.29, 0.717) is 11.1 Å². The van der Waals surface area contributed by atoms with Crippen LogP contribution in [0.2, 0.25) is 0 Å². The average Bonchev–Trinajstić information content (AvgIpc) is 2.42. The molecule has 0 saturated carbocycles. The molecule has 4 nitrogen and oxygen atoms in total. The molecule has 2 rings (SSSR count). The minimum atomic E-state index is -3.83. The number of carbonyl (C=O) groups is 1. The Bertz CT molecular complexity index is 797. The molecule has 0 aliphatic carbocycles. The SMILES string of the molecule is Cc1cc(F)ccc1CS(=O)(=O)c1ccccc1C(=O)O. The highest BCUT2D eigenvalue weighted by Gasteiger charge is 2.22. The summed E-state index contributed by atoms with van der Waals surface area (Å²) in [4.78, 5) is 10.9. The molecule has 0 atom stereocenters. The molecule has 0 aliphatic rings. The van der Waals surface area contributed by atoms with Crippen LogP contribution in [0.4, 0.5) is 4.39 Å². The molecule has 0 fully saturated rings. The monoisotopic (exact) mass is 308 g/mol. The Morgan fingerprint density at radius 2 is 1.86 bits per heavy atom. The number of sulfone groups is 1. The van der Waals surface area contributed by atoms with Crippen molar-refractivity contribution in [1.29, 1.82) is 0 Å². The fourth-order valence-corrected chi connectivity index (χ4v) is 3.68. The molecular weight excluding hydrogens is 295 g/mol. The second kappa shape index (κ2) is 5.65. The van der Waals surface area contributed by atoms with Crippen molar-refractivity contribution in [2.75, 3.05) is 0 Å². The maximum Gasteiger partial charge on any atom is 0.337 e. The predicted octanol–water partition coefficient (Wildman–Crippen LogP) is 2.81. The number of carboxylic acids is 1. The molecular formula is C15H13FO4S. The topological polar surface area (TPSA) is 71.4 Å². The Morgan fingerprint density at radius 3 is 2.48 bits per heavy atom. The van der Waals surface area contributed by atoms with Gasteiger partial charge in [-0.1, -0.05) is 18.2 Å². The van der Waals surface area contributed by atoms with Crippen molar-refractivity contribution in [1.82, 2.24) is 0 Å². The Hall–Kier alpha value is -2.21. The van der Waals surface area contributed by atoms with Gasteiger partial charge in [-0.05, 0) is 42.3 Å². The van der Waals surface area contributed by atoms with Crippen LogP contribution in [0, 0.1) is 12.7 Å². The maximum atomic E-state index is 13.0. The fraction of sp³-hybridized carbons (Fsp3) is 0.133. The number of rotatable bonds is 4. The van der Waals surface area contributed by atoms with Gasteiger partial charge in [0.05, 0.1) is 16.2 Å². The zero-order chi connectivity index (χ0) is 15.6. The summed E-state index contributed by atoms with van der Waals surface area (Å²) in [7, 11) is -3.83. The van der Waals surface area contributed by atoms with E-state index >= 15 is 0 Å². The number of hydrogen-bond donors (Lipinski definition) is 1. The van der Waals surface area contributed by atoms with Crippen molar-refractivity contribution in [3.8, 4) is 0 Å². The van der Waals surface area contributed by atoms with Crippen LogP contribution in [0.25, 0.3) is 0 Å². The van der Waals surface area contributed by atoms with Crippen molar-refractivity contribution in [3.05, 3.63) is 65.0 Å². The lowest BCUT2D eigenvalue weighted by Gasteiger charge is -2.09. The molecule has 2 aromatic rings. The van der Waals surface area contributed by atoms with Crippen LogP contribution < -0.4 is 0 Å². The molecule has 0 heterocycles. The summed E-state index contributed by atoms with van der Waals surface area (Å²) < 4.78 is 37.9. The zero-order valence-corrected chi connectivity index (χ0v) is 12.0. The van der Waals surface area contributed by atoms with Gasteiger partial charge in [0.2, 0.25) is 0 Å². The van der Waals surface area contributed by atoms with Crippen molar-refractivity contribution >= 4 is 15.8 Å². The molecule has 0 bridgehead atoms. The van der Waals surface area contributed by atoms with E-state index in [1.807, 2.05) is 0 Å². The van der Waals surface area contributed by atoms with Crippen molar-refractivity contribution in [3.63, 3.8) is 0 Å². The van der Waals surface area contributed by atoms with Gasteiger partial charge in [0.1, 0.15) is 5.82 Å². The summed E-state index contributed by atoms with van der Waals surface area (Å²) in [6.07, 6.45) is 0. The van der Waals surface area contributed by atoms with E-state index in [-0.39, 0.29) is 16.2 Å². The summed E-state index contributed by atoms with van der Waals surface area (Å²) in [5.74, 6) is -2.12. The molecule has 1 N–H and O–H groups in total. The molecule has 21 heavy (non-hydrogen) atoms. The average molecular weight is 308 g/mol. The Labute approximate surface area is 121 Å². The van der Waals surface area contributed by atoms with Crippen LogP contribution in [0.15, 0.2) is 47.4 Å². The van der Waals surface area contributed by atoms with Crippen LogP contribution in [-0.2, 0) is 15.6 Å². The number of aromatic carboxylic acids is 1. The van der Waals surface area contributed by atoms with Gasteiger partial charge < -0.3 is 5.11 Å². The minimum Gasteiger partial charge on any atom is -0.478 e. The molecule has 6 heteroatoms. The van der Waals surface area contributed by atoms with Crippen molar-refractivity contribution in [2.24, 2.45) is 0 Å². The molecule has 2 aromatic carbocycles. The third kappa shape index (κ3) is 3.28. The van der Waals surface area contributed by atoms with E-state index in [9.17, 15) is 17.6 Å². The standard InChI is InChI=1S/C15H13FO4S/c1-10-8-12(16)7-6-11(10)9-21(19,20)14-5-3-2-4-13(14)15(17)18/h2-8H,9H2,1H3,(H,17,18). The maximum absolute atomic E-state index is 13.0. The Kier molecular flexibility index (Phi) is 4.09. The van der Waals surface area contributed by atoms with Gasteiger partial charge in [-0.3, -0.25) is 0 Å². The number of benzene rings is 2. The lowest BCUT2D eigenvalue weighted by molar-refractivity contribution is 0.0692. The van der Waals surface area contributed by atoms with E-state index in [1.165, 1.54) is 42.5 Å². The largest absolute Gasteiger partial charge is 0.478 e. The normalized spacial score (nSPS) is 11.3. The highest BCUT2D eigenvalue weighted by Crippen LogP contribution is 2.22. The first-order chi connectivity index (χ1) is 9.81. The van der Waals surface area contributed by atoms with Gasteiger partial charge >= 0.3 is 5.97 Å². The fourth-order valence-electron chi connectivity index (χ4n) is 2.02. The molecule has 0 amide bonds. The third-order valence-corrected chi connectivity index (χ3v) is 4.82. The van der Waals surface area contributed by atoms with Gasteiger partial charge in [0, 0.05) is 0 Å². The number of aryl methyl sites for hydroxylation is 1. The van der Waals surface area contributed by atoms with Crippen LogP contribution >= 0.6 is 0 Å². The molecule has 0 saturated heterocycles. The molecule has 110 valence electrons. The summed E-state index contributed by atoms with van der Waals surface area (Å²) in [5.41, 5.74) is 0.681. The zero-order valence-electron chi connectivity index (χ0n) is 11.2. The smallest absolute Gasteiger partial charge is 0.337 e. The molecule has 0 spiro atoms. The molecule has 0 radical (unpaired) electrons. The Morgan fingerprint density at radius 1 is 1.19 bits per heavy atom. The van der Waals surface area contributed by atoms with Gasteiger partial charge in [0.15, 0.2) is 9.84 Å². The summed E-state index contributed by atoms with van der Waals surface area (Å²) in [6, 6.07) is 9.26. The summed E-state index contributed by atoms with van der Waals surface area (Å²) >= 11 is 0. The highest BCUT2D eigenvalue weighted by atomic mass is 32.2. The lowest BCUT2D eigenvalue weighted by Crippen LogP contribution is -2.11. The molecule has 0 aliphatic heterocycles. The highest BCUT2D eigenvalue weighted by molar-refractivity contribution is 7.90. The first kappa shape index (κ1) is 15.2. The summed E-state index contributed by atoms with van der Waals surface area (Å²) in [6.45, 7) is 1.61. The van der Waals surface area contributed by atoms with Gasteiger partial charge in [-0.2, -0.15) is 0 Å². The molecule has 0 unspecified atom stereocenters. The second-order valence-corrected chi connectivity index (χ2v) is 6.59. The van der Waals surface area contributed by atoms with Crippen LogP contribution in [0.5, 0.6) is 0 Å². The van der Waals surface area contributed by atoms with Crippen molar-refractivity contribution < 1.29 is 22.7 Å². The predicted molar refractivity (Wildman–Crippen MR) is 75.4 cm³/mol. The number of halogens is 1. The van der Waals surface area contributed by atoms with E-state index in [2.05, 4.69) is 0 Å². The van der Waals surface area contributed by atoms with Crippen molar-refractivity contribution in [2.45, 2.75) is 17.6 Å². The Balaban J connectivity index is 2.46. The van der Waals surface area contributed by atoms with Gasteiger partial charge in [-0.15, -0.1) is 0 Å². The van der Waals surface area contributed by atoms with Crippen LogP contribution in [0.1, 0.15) is 21.5 Å². The van der Waals surface area contributed by atoms with E-state index in [1.54, 1.807) is 6.92 Å². The van der Waals surface area contributed by atoms with Crippen LogP contribution in [0.3, 0.4) is 0 Å². The number of hydrogen-bond acceptors (Lipinski definition) is 3. The third-order valence-electron chi connectivity index (χ3n) is 3.10. The lowest BCUT2D eigenvalue weighted by atomic mass is 10.1. The first-order valence-corrected chi connectivity index (χ1v) is 7.76. The van der Waals surface area contributed by atoms with E-state index in [0.717, 1.165) is 0 Å². The second-order valence-electron chi connectivity index (χ2n) is 4.63. The number of carboxylic acid groups (broad SMARTS) is 1. The van der Waals surface area contributed by atoms with Crippen LogP contribution in [-0.4, -0.2) is 19.5 Å². The first-order valence-electron chi connectivity index (χ1n) is 6.11. The summed E-state index contributed by atoms with van der Waals surface area (Å²) in [5, 5.41) is 9.07. The van der Waals surface area contributed by atoms with Gasteiger partial charge in [-0.25, -0.2) is 17.6 Å². The minimum absolute atomic E-state index is 0.235. The molecule has 0 aromatic heterocycles. The van der Waals surface area contributed by atoms with Gasteiger partial charge in [0.25, 0.3) is 0 Å². The quantitative estimate of drug-likeness (QED) is 0.942. The van der Waals surface area contributed by atoms with E-state index < -0.39 is 21.6 Å².